The standard InChI is InChI=1S/C14H21N3O/c18-11-6-4-2-1-3-5-8-12-9-7-10-13-14(12)16-17-15-13/h7,9-10,18H,1-6,8,11H2,(H,15,16,17). The van der Waals surface area contributed by atoms with E-state index in [1.807, 2.05) is 6.07 Å². The number of hydrogen-bond acceptors (Lipinski definition) is 3. The van der Waals surface area contributed by atoms with Gasteiger partial charge < -0.3 is 5.11 Å². The molecule has 4 nitrogen and oxygen atoms in total. The summed E-state index contributed by atoms with van der Waals surface area (Å²) >= 11 is 0. The molecule has 0 atom stereocenters. The Morgan fingerprint density at radius 2 is 1.78 bits per heavy atom. The van der Waals surface area contributed by atoms with Crippen LogP contribution in [0.15, 0.2) is 18.2 Å². The van der Waals surface area contributed by atoms with E-state index in [9.17, 15) is 0 Å². The molecule has 18 heavy (non-hydrogen) atoms. The molecule has 1 aromatic carbocycles. The van der Waals surface area contributed by atoms with Crippen molar-refractivity contribution in [3.63, 3.8) is 0 Å². The van der Waals surface area contributed by atoms with Gasteiger partial charge in [0.25, 0.3) is 0 Å². The molecule has 1 heterocycles. The maximum absolute atomic E-state index is 8.68. The molecule has 0 radical (unpaired) electrons. The van der Waals surface area contributed by atoms with E-state index in [4.69, 9.17) is 5.11 Å². The number of aryl methyl sites for hydroxylation is 1. The molecule has 0 fully saturated rings. The van der Waals surface area contributed by atoms with Gasteiger partial charge in [-0.2, -0.15) is 0 Å². The molecular formula is C14H21N3O. The lowest BCUT2D eigenvalue weighted by molar-refractivity contribution is 0.282. The molecule has 0 saturated carbocycles. The number of nitrogens with one attached hydrogen (secondary N) is 1. The Labute approximate surface area is 107 Å². The van der Waals surface area contributed by atoms with Gasteiger partial charge in [0, 0.05) is 6.61 Å². The molecule has 2 aromatic rings. The summed E-state index contributed by atoms with van der Waals surface area (Å²) in [4.78, 5) is 0. The Kier molecular flexibility index (Phi) is 5.15. The number of aromatic nitrogens is 3. The second-order valence-corrected chi connectivity index (χ2v) is 4.72. The first-order valence-corrected chi connectivity index (χ1v) is 6.81. The van der Waals surface area contributed by atoms with E-state index in [1.165, 1.54) is 31.2 Å². The number of unbranched alkanes of at least 4 members (excludes halogenated alkanes) is 5. The molecule has 0 bridgehead atoms. The van der Waals surface area contributed by atoms with Crippen LogP contribution in [0.1, 0.15) is 44.1 Å². The summed E-state index contributed by atoms with van der Waals surface area (Å²) in [7, 11) is 0. The number of nitrogens with zero attached hydrogens (tertiary/aromatic N) is 2. The van der Waals surface area contributed by atoms with Crippen LogP contribution in [-0.2, 0) is 6.42 Å². The monoisotopic (exact) mass is 247 g/mol. The summed E-state index contributed by atoms with van der Waals surface area (Å²) in [5.41, 5.74) is 3.32. The third-order valence-electron chi connectivity index (χ3n) is 3.29. The maximum Gasteiger partial charge on any atom is 0.116 e. The largest absolute Gasteiger partial charge is 0.396 e. The molecule has 4 heteroatoms. The molecule has 0 spiro atoms. The number of aliphatic hydroxyl groups excluding tert-OH is 1. The molecule has 2 N–H and O–H groups in total. The van der Waals surface area contributed by atoms with Gasteiger partial charge in [-0.05, 0) is 30.9 Å². The average Bonchev–Trinajstić information content (AvgIpc) is 2.86. The van der Waals surface area contributed by atoms with Crippen molar-refractivity contribution in [2.45, 2.75) is 44.9 Å². The molecule has 0 amide bonds. The van der Waals surface area contributed by atoms with Gasteiger partial charge in [-0.25, -0.2) is 0 Å². The smallest absolute Gasteiger partial charge is 0.116 e. The Bertz CT molecular complexity index is 467. The van der Waals surface area contributed by atoms with Gasteiger partial charge in [-0.3, -0.25) is 5.10 Å². The van der Waals surface area contributed by atoms with Crippen LogP contribution in [0, 0.1) is 0 Å². The van der Waals surface area contributed by atoms with Crippen LogP contribution in [-0.4, -0.2) is 27.1 Å². The molecule has 1 aromatic heterocycles. The normalized spacial score (nSPS) is 11.2. The first-order chi connectivity index (χ1) is 8.92. The molecule has 2 rings (SSSR count). The van der Waals surface area contributed by atoms with E-state index >= 15 is 0 Å². The zero-order valence-electron chi connectivity index (χ0n) is 10.7. The van der Waals surface area contributed by atoms with Crippen LogP contribution in [0.25, 0.3) is 11.0 Å². The van der Waals surface area contributed by atoms with Crippen LogP contribution >= 0.6 is 0 Å². The van der Waals surface area contributed by atoms with Gasteiger partial charge in [0.05, 0.1) is 5.52 Å². The highest BCUT2D eigenvalue weighted by molar-refractivity contribution is 5.77. The first kappa shape index (κ1) is 13.0. The number of fused-ring (bicyclic) bond motifs is 1. The second kappa shape index (κ2) is 7.11. The topological polar surface area (TPSA) is 61.8 Å². The fourth-order valence-electron chi connectivity index (χ4n) is 2.26. The van der Waals surface area contributed by atoms with Gasteiger partial charge in [0.15, 0.2) is 0 Å². The number of hydrogen-bond donors (Lipinski definition) is 2. The van der Waals surface area contributed by atoms with Crippen molar-refractivity contribution in [3.05, 3.63) is 23.8 Å². The predicted molar refractivity (Wildman–Crippen MR) is 72.4 cm³/mol. The number of benzene rings is 1. The van der Waals surface area contributed by atoms with Crippen molar-refractivity contribution in [2.75, 3.05) is 6.61 Å². The highest BCUT2D eigenvalue weighted by atomic mass is 16.2. The first-order valence-electron chi connectivity index (χ1n) is 6.81. The average molecular weight is 247 g/mol. The van der Waals surface area contributed by atoms with Crippen molar-refractivity contribution < 1.29 is 5.11 Å². The third-order valence-corrected chi connectivity index (χ3v) is 3.29. The van der Waals surface area contributed by atoms with Crippen molar-refractivity contribution >= 4 is 11.0 Å². The van der Waals surface area contributed by atoms with Gasteiger partial charge in [0.2, 0.25) is 0 Å². The van der Waals surface area contributed by atoms with Crippen molar-refractivity contribution in [1.82, 2.24) is 15.4 Å². The van der Waals surface area contributed by atoms with Crippen LogP contribution < -0.4 is 0 Å². The van der Waals surface area contributed by atoms with Gasteiger partial charge in [-0.15, -0.1) is 5.10 Å². The lowest BCUT2D eigenvalue weighted by atomic mass is 10.0. The summed E-state index contributed by atoms with van der Waals surface area (Å²) in [6.07, 6.45) is 8.10. The summed E-state index contributed by atoms with van der Waals surface area (Å²) < 4.78 is 0. The summed E-state index contributed by atoms with van der Waals surface area (Å²) in [6, 6.07) is 6.20. The van der Waals surface area contributed by atoms with Crippen LogP contribution in [0.3, 0.4) is 0 Å². The summed E-state index contributed by atoms with van der Waals surface area (Å²) in [5, 5.41) is 19.5. The lowest BCUT2D eigenvalue weighted by Gasteiger charge is -2.02. The zero-order valence-corrected chi connectivity index (χ0v) is 10.7. The van der Waals surface area contributed by atoms with E-state index in [1.54, 1.807) is 0 Å². The minimum absolute atomic E-state index is 0.328. The Hall–Kier alpha value is -1.42. The molecule has 0 aliphatic carbocycles. The Balaban J connectivity index is 1.72. The van der Waals surface area contributed by atoms with Gasteiger partial charge in [0.1, 0.15) is 5.52 Å². The van der Waals surface area contributed by atoms with Gasteiger partial charge in [-0.1, -0.05) is 43.0 Å². The highest BCUT2D eigenvalue weighted by Gasteiger charge is 2.03. The van der Waals surface area contributed by atoms with Crippen LogP contribution in [0.5, 0.6) is 0 Å². The molecule has 0 aliphatic heterocycles. The zero-order chi connectivity index (χ0) is 12.6. The molecule has 0 saturated heterocycles. The minimum atomic E-state index is 0.328. The van der Waals surface area contributed by atoms with Crippen LogP contribution in [0.2, 0.25) is 0 Å². The second-order valence-electron chi connectivity index (χ2n) is 4.72. The van der Waals surface area contributed by atoms with E-state index in [-0.39, 0.29) is 0 Å². The van der Waals surface area contributed by atoms with Crippen molar-refractivity contribution in [1.29, 1.82) is 0 Å². The highest BCUT2D eigenvalue weighted by Crippen LogP contribution is 2.16. The van der Waals surface area contributed by atoms with Crippen molar-refractivity contribution in [2.24, 2.45) is 0 Å². The number of rotatable bonds is 8. The molecular weight excluding hydrogens is 226 g/mol. The lowest BCUT2D eigenvalue weighted by Crippen LogP contribution is -1.89. The number of aliphatic hydroxyl groups is 1. The van der Waals surface area contributed by atoms with Crippen molar-refractivity contribution in [3.8, 4) is 0 Å². The Morgan fingerprint density at radius 3 is 2.61 bits per heavy atom. The minimum Gasteiger partial charge on any atom is -0.396 e. The van der Waals surface area contributed by atoms with E-state index in [0.717, 1.165) is 30.3 Å². The Morgan fingerprint density at radius 1 is 1.00 bits per heavy atom. The molecule has 0 unspecified atom stereocenters. The number of aromatic amines is 1. The predicted octanol–water partition coefficient (Wildman–Crippen LogP) is 2.83. The third kappa shape index (κ3) is 3.53. The summed E-state index contributed by atoms with van der Waals surface area (Å²) in [5.74, 6) is 0. The van der Waals surface area contributed by atoms with E-state index in [0.29, 0.717) is 6.61 Å². The maximum atomic E-state index is 8.68. The summed E-state index contributed by atoms with van der Waals surface area (Å²) in [6.45, 7) is 0.328. The van der Waals surface area contributed by atoms with Crippen LogP contribution in [0.4, 0.5) is 0 Å². The van der Waals surface area contributed by atoms with E-state index in [2.05, 4.69) is 27.5 Å². The fourth-order valence-corrected chi connectivity index (χ4v) is 2.26. The molecule has 0 aliphatic rings. The van der Waals surface area contributed by atoms with E-state index < -0.39 is 0 Å². The molecule has 98 valence electrons. The quantitative estimate of drug-likeness (QED) is 0.705. The number of H-pyrrole nitrogens is 1. The van der Waals surface area contributed by atoms with Gasteiger partial charge >= 0.3 is 0 Å². The fraction of sp³-hybridized carbons (Fsp3) is 0.571. The SMILES string of the molecule is OCCCCCCCCc1cccc2[nH]nnc12.